The van der Waals surface area contributed by atoms with E-state index < -0.39 is 0 Å². The number of hydrogen-bond donors (Lipinski definition) is 0. The minimum atomic E-state index is -0.308. The second-order valence-corrected chi connectivity index (χ2v) is 6.08. The quantitative estimate of drug-likeness (QED) is 0.314. The number of hydrogen-bond acceptors (Lipinski definition) is 3. The zero-order valence-corrected chi connectivity index (χ0v) is 14.6. The molecule has 1 heterocycles. The molecule has 0 bridgehead atoms. The van der Waals surface area contributed by atoms with Crippen molar-refractivity contribution in [3.05, 3.63) is 108 Å². The molecule has 0 fully saturated rings. The van der Waals surface area contributed by atoms with Gasteiger partial charge in [0.05, 0.1) is 5.56 Å². The maximum atomic E-state index is 12.5. The summed E-state index contributed by atoms with van der Waals surface area (Å²) in [6.45, 7) is 0.590. The van der Waals surface area contributed by atoms with Gasteiger partial charge in [-0.25, -0.2) is 0 Å². The van der Waals surface area contributed by atoms with Gasteiger partial charge in [0.25, 0.3) is 12.2 Å². The summed E-state index contributed by atoms with van der Waals surface area (Å²) >= 11 is 0. The van der Waals surface area contributed by atoms with Crippen LogP contribution in [0.5, 0.6) is 0 Å². The van der Waals surface area contributed by atoms with E-state index in [0.717, 1.165) is 17.0 Å². The summed E-state index contributed by atoms with van der Waals surface area (Å²) in [6, 6.07) is 28.9. The van der Waals surface area contributed by atoms with Gasteiger partial charge in [-0.1, -0.05) is 78.9 Å². The van der Waals surface area contributed by atoms with Crippen molar-refractivity contribution in [1.29, 1.82) is 0 Å². The second-order valence-electron chi connectivity index (χ2n) is 6.08. The number of benzene rings is 3. The minimum absolute atomic E-state index is 0.308. The van der Waals surface area contributed by atoms with Crippen molar-refractivity contribution in [3.63, 3.8) is 0 Å². The van der Waals surface area contributed by atoms with Crippen LogP contribution in [0, 0.1) is 0 Å². The summed E-state index contributed by atoms with van der Waals surface area (Å²) in [7, 11) is 0. The number of aromatic nitrogens is 3. The molecule has 0 radical (unpaired) electrons. The van der Waals surface area contributed by atoms with Crippen molar-refractivity contribution < 1.29 is 9.78 Å². The molecule has 5 heteroatoms. The van der Waals surface area contributed by atoms with E-state index in [-0.39, 0.29) is 5.90 Å². The Hall–Kier alpha value is -3.73. The van der Waals surface area contributed by atoms with Crippen molar-refractivity contribution in [1.82, 2.24) is 9.78 Å². The Morgan fingerprint density at radius 1 is 0.852 bits per heavy atom. The standard InChI is InChI=1S/C22H18N4O/c27-21(19-12-6-2-7-13-19)24-26-17-23-25(16-18-10-4-1-5-11-18)22(26)20-14-8-3-9-15-20/h1-15,17H,16H2. The fraction of sp³-hybridized carbons (Fsp3) is 0.0455. The van der Waals surface area contributed by atoms with Crippen LogP contribution in [0.3, 0.4) is 0 Å². The van der Waals surface area contributed by atoms with E-state index in [1.165, 1.54) is 0 Å². The number of rotatable bonds is 5. The summed E-state index contributed by atoms with van der Waals surface area (Å²) in [6.07, 6.45) is 1.58. The fourth-order valence-corrected chi connectivity index (χ4v) is 2.89. The highest BCUT2D eigenvalue weighted by Crippen LogP contribution is 2.16. The predicted molar refractivity (Wildman–Crippen MR) is 102 cm³/mol. The Balaban J connectivity index is 1.78. The van der Waals surface area contributed by atoms with Gasteiger partial charge in [0.15, 0.2) is 0 Å². The van der Waals surface area contributed by atoms with E-state index in [4.69, 9.17) is 0 Å². The Labute approximate surface area is 157 Å². The lowest BCUT2D eigenvalue weighted by atomic mass is 10.2. The topological polar surface area (TPSA) is 57.1 Å². The first-order valence-corrected chi connectivity index (χ1v) is 8.69. The third-order valence-corrected chi connectivity index (χ3v) is 4.19. The zero-order chi connectivity index (χ0) is 18.5. The van der Waals surface area contributed by atoms with Crippen LogP contribution in [0.4, 0.5) is 0 Å². The summed E-state index contributed by atoms with van der Waals surface area (Å²) in [4.78, 5) is 0. The average Bonchev–Trinajstić information content (AvgIpc) is 3.12. The SMILES string of the molecule is [O-]/C(=N\[n+]1cnn(Cc2ccccc2)c1-c1ccccc1)c1ccccc1. The molecule has 0 aliphatic rings. The van der Waals surface area contributed by atoms with Crippen LogP contribution in [0.25, 0.3) is 11.4 Å². The van der Waals surface area contributed by atoms with Crippen LogP contribution in [0.2, 0.25) is 0 Å². The molecule has 4 rings (SSSR count). The Bertz CT molecular complexity index is 1040. The summed E-state index contributed by atoms with van der Waals surface area (Å²) in [5, 5.41) is 21.3. The van der Waals surface area contributed by atoms with Crippen molar-refractivity contribution >= 4 is 5.90 Å². The first-order valence-electron chi connectivity index (χ1n) is 8.69. The molecule has 0 atom stereocenters. The minimum Gasteiger partial charge on any atom is -0.856 e. The van der Waals surface area contributed by atoms with E-state index in [1.54, 1.807) is 23.1 Å². The molecule has 27 heavy (non-hydrogen) atoms. The molecule has 0 aliphatic heterocycles. The fourth-order valence-electron chi connectivity index (χ4n) is 2.89. The zero-order valence-electron chi connectivity index (χ0n) is 14.6. The molecule has 0 aliphatic carbocycles. The largest absolute Gasteiger partial charge is 0.856 e. The first kappa shape index (κ1) is 16.7. The first-order chi connectivity index (χ1) is 13.3. The van der Waals surface area contributed by atoms with Gasteiger partial charge in [0.2, 0.25) is 0 Å². The van der Waals surface area contributed by atoms with Crippen LogP contribution < -0.4 is 9.78 Å². The van der Waals surface area contributed by atoms with Crippen LogP contribution in [0.15, 0.2) is 102 Å². The van der Waals surface area contributed by atoms with Crippen LogP contribution in [0.1, 0.15) is 11.1 Å². The molecule has 5 nitrogen and oxygen atoms in total. The van der Waals surface area contributed by atoms with Gasteiger partial charge in [-0.2, -0.15) is 0 Å². The lowest BCUT2D eigenvalue weighted by Crippen LogP contribution is -2.35. The molecular weight excluding hydrogens is 336 g/mol. The van der Waals surface area contributed by atoms with E-state index in [1.807, 2.05) is 83.5 Å². The van der Waals surface area contributed by atoms with E-state index in [2.05, 4.69) is 10.2 Å². The van der Waals surface area contributed by atoms with Crippen LogP contribution >= 0.6 is 0 Å². The molecule has 0 unspecified atom stereocenters. The Kier molecular flexibility index (Phi) is 4.74. The van der Waals surface area contributed by atoms with Gasteiger partial charge < -0.3 is 5.11 Å². The second kappa shape index (κ2) is 7.66. The van der Waals surface area contributed by atoms with E-state index in [9.17, 15) is 5.11 Å². The van der Waals surface area contributed by atoms with E-state index >= 15 is 0 Å². The Morgan fingerprint density at radius 2 is 1.44 bits per heavy atom. The van der Waals surface area contributed by atoms with E-state index in [0.29, 0.717) is 12.1 Å². The molecule has 4 aromatic rings. The van der Waals surface area contributed by atoms with Crippen molar-refractivity contribution in [2.45, 2.75) is 6.54 Å². The lowest BCUT2D eigenvalue weighted by Gasteiger charge is -2.09. The summed E-state index contributed by atoms with van der Waals surface area (Å²) in [5.41, 5.74) is 2.61. The average molecular weight is 354 g/mol. The molecule has 132 valence electrons. The van der Waals surface area contributed by atoms with Gasteiger partial charge in [0, 0.05) is 11.0 Å². The molecule has 3 aromatic carbocycles. The Morgan fingerprint density at radius 3 is 2.11 bits per heavy atom. The normalized spacial score (nSPS) is 11.5. The number of nitrogens with zero attached hydrogens (tertiary/aromatic N) is 4. The highest BCUT2D eigenvalue weighted by molar-refractivity contribution is 5.89. The molecular formula is C22H18N4O. The maximum absolute atomic E-state index is 12.5. The molecule has 0 saturated heterocycles. The lowest BCUT2D eigenvalue weighted by molar-refractivity contribution is -0.671. The molecule has 0 saturated carbocycles. The summed E-state index contributed by atoms with van der Waals surface area (Å²) < 4.78 is 3.40. The van der Waals surface area contributed by atoms with Gasteiger partial charge in [-0.05, 0) is 23.3 Å². The van der Waals surface area contributed by atoms with Crippen molar-refractivity contribution in [2.75, 3.05) is 0 Å². The third kappa shape index (κ3) is 3.77. The van der Waals surface area contributed by atoms with Gasteiger partial charge in [-0.15, -0.1) is 14.5 Å². The third-order valence-electron chi connectivity index (χ3n) is 4.19. The van der Waals surface area contributed by atoms with Gasteiger partial charge in [-0.3, -0.25) is 0 Å². The molecule has 0 amide bonds. The highest BCUT2D eigenvalue weighted by atomic mass is 16.3. The highest BCUT2D eigenvalue weighted by Gasteiger charge is 2.21. The van der Waals surface area contributed by atoms with Crippen molar-refractivity contribution in [3.8, 4) is 11.4 Å². The molecule has 0 spiro atoms. The monoisotopic (exact) mass is 354 g/mol. The smallest absolute Gasteiger partial charge is 0.291 e. The van der Waals surface area contributed by atoms with Crippen LogP contribution in [-0.2, 0) is 6.54 Å². The molecule has 1 aromatic heterocycles. The summed E-state index contributed by atoms with van der Waals surface area (Å²) in [5.74, 6) is 0.445. The van der Waals surface area contributed by atoms with Gasteiger partial charge in [0.1, 0.15) is 6.54 Å². The van der Waals surface area contributed by atoms with Crippen molar-refractivity contribution in [2.24, 2.45) is 5.10 Å². The maximum Gasteiger partial charge on any atom is 0.291 e. The van der Waals surface area contributed by atoms with Crippen LogP contribution in [-0.4, -0.2) is 15.7 Å². The van der Waals surface area contributed by atoms with Gasteiger partial charge >= 0.3 is 0 Å². The molecule has 0 N–H and O–H groups in total. The predicted octanol–water partition coefficient (Wildman–Crippen LogP) is 2.46.